The van der Waals surface area contributed by atoms with E-state index in [1.54, 1.807) is 0 Å². The Hall–Kier alpha value is -0.900. The summed E-state index contributed by atoms with van der Waals surface area (Å²) in [6, 6.07) is 10.6. The van der Waals surface area contributed by atoms with Gasteiger partial charge in [0.1, 0.15) is 0 Å². The summed E-state index contributed by atoms with van der Waals surface area (Å²) in [5.74, 6) is 0.818. The molecule has 1 aliphatic rings. The number of rotatable bonds is 6. The van der Waals surface area contributed by atoms with Gasteiger partial charge in [-0.05, 0) is 30.9 Å². The van der Waals surface area contributed by atoms with Crippen LogP contribution in [-0.4, -0.2) is 19.6 Å². The van der Waals surface area contributed by atoms with Crippen LogP contribution in [0.1, 0.15) is 18.4 Å². The van der Waals surface area contributed by atoms with Crippen LogP contribution in [0.3, 0.4) is 0 Å². The molecule has 0 atom stereocenters. The van der Waals surface area contributed by atoms with E-state index in [2.05, 4.69) is 46.5 Å². The Bertz CT molecular complexity index is 280. The molecule has 1 fully saturated rings. The van der Waals surface area contributed by atoms with E-state index in [1.165, 1.54) is 18.4 Å². The van der Waals surface area contributed by atoms with E-state index in [4.69, 9.17) is 0 Å². The minimum Gasteiger partial charge on any atom is -0.313 e. The average molecular weight is 219 g/mol. The Morgan fingerprint density at radius 1 is 1.12 bits per heavy atom. The third kappa shape index (κ3) is 3.93. The fourth-order valence-corrected chi connectivity index (χ4v) is 2.05. The summed E-state index contributed by atoms with van der Waals surface area (Å²) < 4.78 is 0. The van der Waals surface area contributed by atoms with Crippen molar-refractivity contribution in [2.45, 2.75) is 19.4 Å². The smallest absolute Gasteiger partial charge is 0.0205 e. The Morgan fingerprint density at radius 2 is 1.88 bits per heavy atom. The molecule has 2 rings (SSSR count). The largest absolute Gasteiger partial charge is 0.313 e. The first kappa shape index (κ1) is 11.6. The van der Waals surface area contributed by atoms with E-state index >= 15 is 0 Å². The predicted octanol–water partition coefficient (Wildman–Crippen LogP) is 1.28. The Kier molecular flexibility index (Phi) is 4.80. The highest BCUT2D eigenvalue weighted by atomic mass is 15.4. The molecular weight excluding hydrogens is 198 g/mol. The molecule has 88 valence electrons. The normalized spacial score (nSPS) is 16.8. The number of hydrazine groups is 1. The molecule has 0 amide bonds. The molecule has 3 N–H and O–H groups in total. The van der Waals surface area contributed by atoms with Crippen molar-refractivity contribution in [3.05, 3.63) is 35.9 Å². The summed E-state index contributed by atoms with van der Waals surface area (Å²) in [7, 11) is 0. The highest BCUT2D eigenvalue weighted by molar-refractivity contribution is 5.14. The fraction of sp³-hybridized carbons (Fsp3) is 0.538. The second-order valence-corrected chi connectivity index (χ2v) is 4.43. The molecule has 1 aromatic rings. The molecule has 1 saturated heterocycles. The van der Waals surface area contributed by atoms with Gasteiger partial charge in [-0.2, -0.15) is 0 Å². The zero-order valence-corrected chi connectivity index (χ0v) is 9.71. The van der Waals surface area contributed by atoms with E-state index < -0.39 is 0 Å². The van der Waals surface area contributed by atoms with Gasteiger partial charge in [-0.25, -0.2) is 0 Å². The first-order valence-electron chi connectivity index (χ1n) is 6.15. The van der Waals surface area contributed by atoms with Crippen LogP contribution in [0, 0.1) is 5.92 Å². The summed E-state index contributed by atoms with van der Waals surface area (Å²) in [5.41, 5.74) is 7.70. The van der Waals surface area contributed by atoms with E-state index in [1.807, 2.05) is 0 Å². The van der Waals surface area contributed by atoms with Crippen LogP contribution >= 0.6 is 0 Å². The van der Waals surface area contributed by atoms with Crippen molar-refractivity contribution >= 4 is 0 Å². The van der Waals surface area contributed by atoms with Gasteiger partial charge in [0.25, 0.3) is 0 Å². The van der Waals surface area contributed by atoms with Gasteiger partial charge in [-0.15, -0.1) is 0 Å². The Labute approximate surface area is 97.6 Å². The highest BCUT2D eigenvalue weighted by Crippen LogP contribution is 2.06. The number of nitrogens with one attached hydrogen (secondary N) is 3. The summed E-state index contributed by atoms with van der Waals surface area (Å²) in [5, 5.41) is 3.48. The van der Waals surface area contributed by atoms with Crippen LogP contribution < -0.4 is 16.2 Å². The van der Waals surface area contributed by atoms with E-state index in [0.717, 1.165) is 32.1 Å². The Morgan fingerprint density at radius 3 is 2.62 bits per heavy atom. The molecule has 0 radical (unpaired) electrons. The third-order valence-electron chi connectivity index (χ3n) is 3.04. The van der Waals surface area contributed by atoms with Crippen LogP contribution in [0.25, 0.3) is 0 Å². The SMILES string of the molecule is c1ccc(CNCCCC2CNNC2)cc1. The summed E-state index contributed by atoms with van der Waals surface area (Å²) >= 11 is 0. The lowest BCUT2D eigenvalue weighted by molar-refractivity contribution is 0.509. The van der Waals surface area contributed by atoms with Gasteiger partial charge in [0.15, 0.2) is 0 Å². The zero-order chi connectivity index (χ0) is 11.1. The second kappa shape index (κ2) is 6.63. The summed E-state index contributed by atoms with van der Waals surface area (Å²) in [4.78, 5) is 0. The quantitative estimate of drug-likeness (QED) is 0.631. The Balaban J connectivity index is 1.52. The lowest BCUT2D eigenvalue weighted by Gasteiger charge is -2.08. The van der Waals surface area contributed by atoms with Crippen LogP contribution in [0.2, 0.25) is 0 Å². The van der Waals surface area contributed by atoms with Crippen molar-refractivity contribution in [3.8, 4) is 0 Å². The monoisotopic (exact) mass is 219 g/mol. The van der Waals surface area contributed by atoms with Gasteiger partial charge in [0, 0.05) is 19.6 Å². The van der Waals surface area contributed by atoms with Crippen molar-refractivity contribution in [1.29, 1.82) is 0 Å². The van der Waals surface area contributed by atoms with Gasteiger partial charge in [-0.1, -0.05) is 30.3 Å². The zero-order valence-electron chi connectivity index (χ0n) is 9.71. The molecule has 0 saturated carbocycles. The van der Waals surface area contributed by atoms with Gasteiger partial charge < -0.3 is 5.32 Å². The highest BCUT2D eigenvalue weighted by Gasteiger charge is 2.12. The van der Waals surface area contributed by atoms with Gasteiger partial charge in [0.05, 0.1) is 0 Å². The third-order valence-corrected chi connectivity index (χ3v) is 3.04. The molecule has 1 aliphatic heterocycles. The molecule has 1 heterocycles. The molecule has 3 nitrogen and oxygen atoms in total. The van der Waals surface area contributed by atoms with Crippen molar-refractivity contribution in [2.75, 3.05) is 19.6 Å². The lowest BCUT2D eigenvalue weighted by atomic mass is 10.1. The first-order chi connectivity index (χ1) is 7.95. The van der Waals surface area contributed by atoms with Crippen LogP contribution in [0.4, 0.5) is 0 Å². The molecule has 0 aromatic heterocycles. The average Bonchev–Trinajstić information content (AvgIpc) is 2.83. The molecule has 16 heavy (non-hydrogen) atoms. The van der Waals surface area contributed by atoms with E-state index in [0.29, 0.717) is 0 Å². The molecule has 0 unspecified atom stereocenters. The number of hydrogen-bond acceptors (Lipinski definition) is 3. The van der Waals surface area contributed by atoms with Gasteiger partial charge in [-0.3, -0.25) is 10.9 Å². The molecule has 0 aliphatic carbocycles. The maximum atomic E-state index is 3.48. The van der Waals surface area contributed by atoms with E-state index in [9.17, 15) is 0 Å². The number of benzene rings is 1. The fourth-order valence-electron chi connectivity index (χ4n) is 2.05. The summed E-state index contributed by atoms with van der Waals surface area (Å²) in [6.45, 7) is 4.35. The minimum absolute atomic E-state index is 0.818. The maximum Gasteiger partial charge on any atom is 0.0205 e. The molecule has 0 spiro atoms. The molecular formula is C13H21N3. The lowest BCUT2D eigenvalue weighted by Crippen LogP contribution is -2.21. The van der Waals surface area contributed by atoms with Gasteiger partial charge in [0.2, 0.25) is 0 Å². The maximum absolute atomic E-state index is 3.48. The van der Waals surface area contributed by atoms with Crippen molar-refractivity contribution in [3.63, 3.8) is 0 Å². The van der Waals surface area contributed by atoms with Crippen LogP contribution in [-0.2, 0) is 6.54 Å². The molecule has 3 heteroatoms. The van der Waals surface area contributed by atoms with Crippen LogP contribution in [0.5, 0.6) is 0 Å². The van der Waals surface area contributed by atoms with Crippen LogP contribution in [0.15, 0.2) is 30.3 Å². The minimum atomic E-state index is 0.818. The van der Waals surface area contributed by atoms with E-state index in [-0.39, 0.29) is 0 Å². The van der Waals surface area contributed by atoms with Crippen molar-refractivity contribution in [2.24, 2.45) is 5.92 Å². The van der Waals surface area contributed by atoms with Crippen molar-refractivity contribution < 1.29 is 0 Å². The topological polar surface area (TPSA) is 36.1 Å². The second-order valence-electron chi connectivity index (χ2n) is 4.43. The summed E-state index contributed by atoms with van der Waals surface area (Å²) in [6.07, 6.45) is 2.57. The molecule has 0 bridgehead atoms. The number of hydrogen-bond donors (Lipinski definition) is 3. The first-order valence-corrected chi connectivity index (χ1v) is 6.15. The van der Waals surface area contributed by atoms with Crippen molar-refractivity contribution in [1.82, 2.24) is 16.2 Å². The molecule has 1 aromatic carbocycles. The van der Waals surface area contributed by atoms with Gasteiger partial charge >= 0.3 is 0 Å². The standard InChI is InChI=1S/C13H21N3/c1-2-5-12(6-3-1)9-14-8-4-7-13-10-15-16-11-13/h1-3,5-6,13-16H,4,7-11H2. The predicted molar refractivity (Wildman–Crippen MR) is 66.9 cm³/mol.